The first-order valence-electron chi connectivity index (χ1n) is 7.65. The third kappa shape index (κ3) is 3.64. The molecule has 2 aromatic rings. The van der Waals surface area contributed by atoms with Crippen LogP contribution in [0.25, 0.3) is 0 Å². The van der Waals surface area contributed by atoms with E-state index in [1.165, 1.54) is 5.56 Å². The third-order valence-electron chi connectivity index (χ3n) is 3.62. The molecule has 0 aromatic heterocycles. The monoisotopic (exact) mass is 299 g/mol. The molecule has 4 nitrogen and oxygen atoms in total. The van der Waals surface area contributed by atoms with Gasteiger partial charge in [0.25, 0.3) is 0 Å². The van der Waals surface area contributed by atoms with E-state index in [0.717, 1.165) is 48.9 Å². The highest BCUT2D eigenvalue weighted by molar-refractivity contribution is 5.55. The number of hydrogen-bond acceptors (Lipinski definition) is 4. The summed E-state index contributed by atoms with van der Waals surface area (Å²) >= 11 is 0. The average Bonchev–Trinajstić information content (AvgIpc) is 3.00. The Bertz CT molecular complexity index is 627. The van der Waals surface area contributed by atoms with E-state index < -0.39 is 0 Å². The van der Waals surface area contributed by atoms with Crippen LogP contribution in [0.15, 0.2) is 42.5 Å². The summed E-state index contributed by atoms with van der Waals surface area (Å²) < 4.78 is 16.4. The quantitative estimate of drug-likeness (QED) is 0.785. The topological polar surface area (TPSA) is 39.7 Å². The first kappa shape index (κ1) is 14.6. The summed E-state index contributed by atoms with van der Waals surface area (Å²) in [4.78, 5) is 0. The van der Waals surface area contributed by atoms with Crippen molar-refractivity contribution in [2.45, 2.75) is 19.8 Å². The number of anilines is 1. The summed E-state index contributed by atoms with van der Waals surface area (Å²) in [6.07, 6.45) is 2.08. The fourth-order valence-electron chi connectivity index (χ4n) is 2.37. The van der Waals surface area contributed by atoms with Crippen LogP contribution in [0.4, 0.5) is 5.69 Å². The maximum Gasteiger partial charge on any atom is 0.231 e. The molecule has 0 bridgehead atoms. The summed E-state index contributed by atoms with van der Waals surface area (Å²) in [5.74, 6) is 2.61. The average molecular weight is 299 g/mol. The van der Waals surface area contributed by atoms with Gasteiger partial charge in [0.2, 0.25) is 6.79 Å². The molecule has 4 heteroatoms. The second-order valence-corrected chi connectivity index (χ2v) is 5.32. The fourth-order valence-corrected chi connectivity index (χ4v) is 2.37. The number of benzene rings is 2. The van der Waals surface area contributed by atoms with Gasteiger partial charge in [-0.3, -0.25) is 0 Å². The van der Waals surface area contributed by atoms with Crippen molar-refractivity contribution < 1.29 is 14.2 Å². The predicted octanol–water partition coefficient (Wildman–Crippen LogP) is 3.99. The van der Waals surface area contributed by atoms with Crippen molar-refractivity contribution >= 4 is 5.69 Å². The SMILES string of the molecule is Cc1ccccc1OCCCCNc1ccc2c(c1)OCO2. The number of hydrogen-bond donors (Lipinski definition) is 1. The molecule has 0 fully saturated rings. The minimum Gasteiger partial charge on any atom is -0.493 e. The zero-order valence-corrected chi connectivity index (χ0v) is 12.8. The van der Waals surface area contributed by atoms with Gasteiger partial charge in [-0.15, -0.1) is 0 Å². The van der Waals surface area contributed by atoms with Crippen LogP contribution in [0, 0.1) is 6.92 Å². The molecule has 0 radical (unpaired) electrons. The fraction of sp³-hybridized carbons (Fsp3) is 0.333. The Balaban J connectivity index is 1.35. The van der Waals surface area contributed by atoms with E-state index in [2.05, 4.69) is 18.3 Å². The van der Waals surface area contributed by atoms with Crippen LogP contribution in [0.5, 0.6) is 17.2 Å². The molecule has 0 atom stereocenters. The van der Waals surface area contributed by atoms with E-state index in [9.17, 15) is 0 Å². The van der Waals surface area contributed by atoms with Crippen LogP contribution in [-0.4, -0.2) is 19.9 Å². The molecule has 1 aliphatic heterocycles. The third-order valence-corrected chi connectivity index (χ3v) is 3.62. The highest BCUT2D eigenvalue weighted by Gasteiger charge is 2.12. The highest BCUT2D eigenvalue weighted by atomic mass is 16.7. The van der Waals surface area contributed by atoms with Gasteiger partial charge < -0.3 is 19.5 Å². The zero-order valence-electron chi connectivity index (χ0n) is 12.8. The molecule has 1 N–H and O–H groups in total. The van der Waals surface area contributed by atoms with Gasteiger partial charge in [0.05, 0.1) is 6.61 Å². The first-order valence-corrected chi connectivity index (χ1v) is 7.65. The van der Waals surface area contributed by atoms with Crippen LogP contribution >= 0.6 is 0 Å². The number of nitrogens with one attached hydrogen (secondary N) is 1. The van der Waals surface area contributed by atoms with E-state index in [4.69, 9.17) is 14.2 Å². The smallest absolute Gasteiger partial charge is 0.231 e. The Labute approximate surface area is 131 Å². The molecule has 22 heavy (non-hydrogen) atoms. The first-order chi connectivity index (χ1) is 10.8. The van der Waals surface area contributed by atoms with Crippen molar-refractivity contribution in [1.29, 1.82) is 0 Å². The van der Waals surface area contributed by atoms with Crippen LogP contribution in [0.3, 0.4) is 0 Å². The summed E-state index contributed by atoms with van der Waals surface area (Å²) in [6.45, 7) is 4.04. The molecule has 1 aliphatic rings. The standard InChI is InChI=1S/C18H21NO3/c1-14-6-2-3-7-16(14)20-11-5-4-10-19-15-8-9-17-18(12-15)22-13-21-17/h2-3,6-9,12,19H,4-5,10-11,13H2,1H3. The summed E-state index contributed by atoms with van der Waals surface area (Å²) in [7, 11) is 0. The number of aryl methyl sites for hydroxylation is 1. The molecule has 2 aromatic carbocycles. The van der Waals surface area contributed by atoms with Gasteiger partial charge in [-0.1, -0.05) is 18.2 Å². The molecular formula is C18H21NO3. The van der Waals surface area contributed by atoms with Crippen molar-refractivity contribution in [3.05, 3.63) is 48.0 Å². The van der Waals surface area contributed by atoms with Crippen molar-refractivity contribution in [2.24, 2.45) is 0 Å². The molecule has 3 rings (SSSR count). The van der Waals surface area contributed by atoms with Crippen molar-refractivity contribution in [2.75, 3.05) is 25.3 Å². The second kappa shape index (κ2) is 7.07. The zero-order chi connectivity index (χ0) is 15.2. The van der Waals surface area contributed by atoms with E-state index in [1.54, 1.807) is 0 Å². The Morgan fingerprint density at radius 3 is 2.82 bits per heavy atom. The Morgan fingerprint density at radius 2 is 1.91 bits per heavy atom. The minimum atomic E-state index is 0.315. The van der Waals surface area contributed by atoms with Crippen LogP contribution < -0.4 is 19.5 Å². The Morgan fingerprint density at radius 1 is 1.05 bits per heavy atom. The Kier molecular flexibility index (Phi) is 4.68. The van der Waals surface area contributed by atoms with Crippen molar-refractivity contribution in [3.63, 3.8) is 0 Å². The van der Waals surface area contributed by atoms with Crippen LogP contribution in [0.1, 0.15) is 18.4 Å². The number of fused-ring (bicyclic) bond motifs is 1. The van der Waals surface area contributed by atoms with Gasteiger partial charge in [0.1, 0.15) is 5.75 Å². The summed E-state index contributed by atoms with van der Waals surface area (Å²) in [5.41, 5.74) is 2.24. The molecular weight excluding hydrogens is 278 g/mol. The normalized spacial score (nSPS) is 12.2. The molecule has 0 unspecified atom stereocenters. The maximum atomic E-state index is 5.79. The molecule has 0 amide bonds. The van der Waals surface area contributed by atoms with E-state index >= 15 is 0 Å². The van der Waals surface area contributed by atoms with E-state index in [1.807, 2.05) is 36.4 Å². The van der Waals surface area contributed by atoms with Crippen molar-refractivity contribution in [3.8, 4) is 17.2 Å². The van der Waals surface area contributed by atoms with Gasteiger partial charge >= 0.3 is 0 Å². The second-order valence-electron chi connectivity index (χ2n) is 5.32. The van der Waals surface area contributed by atoms with Gasteiger partial charge in [-0.25, -0.2) is 0 Å². The molecule has 0 aliphatic carbocycles. The maximum absolute atomic E-state index is 5.79. The summed E-state index contributed by atoms with van der Waals surface area (Å²) in [5, 5.41) is 3.39. The number of ether oxygens (including phenoxy) is 3. The number of rotatable bonds is 7. The Hall–Kier alpha value is -2.36. The highest BCUT2D eigenvalue weighted by Crippen LogP contribution is 2.34. The molecule has 116 valence electrons. The lowest BCUT2D eigenvalue weighted by Gasteiger charge is -2.10. The van der Waals surface area contributed by atoms with Gasteiger partial charge in [0.15, 0.2) is 11.5 Å². The largest absolute Gasteiger partial charge is 0.493 e. The van der Waals surface area contributed by atoms with Crippen molar-refractivity contribution in [1.82, 2.24) is 0 Å². The predicted molar refractivity (Wildman–Crippen MR) is 87.0 cm³/mol. The minimum absolute atomic E-state index is 0.315. The lowest BCUT2D eigenvalue weighted by molar-refractivity contribution is 0.174. The van der Waals surface area contributed by atoms with Gasteiger partial charge in [0, 0.05) is 18.3 Å². The molecule has 0 saturated heterocycles. The molecule has 0 spiro atoms. The number of para-hydroxylation sites is 1. The van der Waals surface area contributed by atoms with Crippen LogP contribution in [-0.2, 0) is 0 Å². The molecule has 0 saturated carbocycles. The lowest BCUT2D eigenvalue weighted by Crippen LogP contribution is -2.05. The number of unbranched alkanes of at least 4 members (excludes halogenated alkanes) is 1. The van der Waals surface area contributed by atoms with Gasteiger partial charge in [-0.05, 0) is 43.5 Å². The lowest BCUT2D eigenvalue weighted by atomic mass is 10.2. The van der Waals surface area contributed by atoms with E-state index in [0.29, 0.717) is 6.79 Å². The molecule has 1 heterocycles. The van der Waals surface area contributed by atoms with Gasteiger partial charge in [-0.2, -0.15) is 0 Å². The van der Waals surface area contributed by atoms with E-state index in [-0.39, 0.29) is 0 Å². The van der Waals surface area contributed by atoms with Crippen LogP contribution in [0.2, 0.25) is 0 Å². The summed E-state index contributed by atoms with van der Waals surface area (Å²) in [6, 6.07) is 14.0.